The fourth-order valence-corrected chi connectivity index (χ4v) is 5.01. The van der Waals surface area contributed by atoms with Crippen LogP contribution in [0.2, 0.25) is 0 Å². The van der Waals surface area contributed by atoms with E-state index < -0.39 is 77.2 Å². The number of carboxylic acids is 1. The van der Waals surface area contributed by atoms with Crippen LogP contribution in [0.4, 0.5) is 32.0 Å². The number of methoxy groups -OCH3 is 1. The smallest absolute Gasteiger partial charge is 0.408 e. The van der Waals surface area contributed by atoms with Crippen molar-refractivity contribution in [2.24, 2.45) is 7.05 Å². The second kappa shape index (κ2) is 13.1. The molecule has 0 bridgehead atoms. The molecule has 2 heterocycles. The van der Waals surface area contributed by atoms with Gasteiger partial charge in [0.2, 0.25) is 0 Å². The van der Waals surface area contributed by atoms with Crippen LogP contribution in [0.5, 0.6) is 5.75 Å². The molecule has 2 atom stereocenters. The van der Waals surface area contributed by atoms with Crippen LogP contribution in [0.25, 0.3) is 22.0 Å². The van der Waals surface area contributed by atoms with Gasteiger partial charge in [0, 0.05) is 42.5 Å². The van der Waals surface area contributed by atoms with E-state index in [9.17, 15) is 41.4 Å². The Morgan fingerprint density at radius 2 is 1.72 bits per heavy atom. The molecule has 2 aromatic heterocycles. The number of aromatic nitrogens is 2. The van der Waals surface area contributed by atoms with Crippen LogP contribution in [0.15, 0.2) is 47.4 Å². The molecule has 1 amide bonds. The molecule has 3 N–H and O–H groups in total. The number of benzene rings is 2. The quantitative estimate of drug-likeness (QED) is 0.194. The van der Waals surface area contributed by atoms with Crippen molar-refractivity contribution in [3.8, 4) is 16.9 Å². The molecule has 9 nitrogen and oxygen atoms in total. The molecule has 0 radical (unpaired) electrons. The summed E-state index contributed by atoms with van der Waals surface area (Å²) in [6.45, 7) is 2.87. The van der Waals surface area contributed by atoms with Crippen LogP contribution in [-0.4, -0.2) is 51.9 Å². The van der Waals surface area contributed by atoms with Crippen molar-refractivity contribution in [1.29, 1.82) is 0 Å². The zero-order valence-electron chi connectivity index (χ0n) is 24.9. The Morgan fingerprint density at radius 1 is 1.07 bits per heavy atom. The number of halogens is 6. The number of hydrogen-bond donors (Lipinski definition) is 3. The first-order valence-corrected chi connectivity index (χ1v) is 13.8. The van der Waals surface area contributed by atoms with Gasteiger partial charge < -0.3 is 25.0 Å². The number of nitrogens with one attached hydrogen (secondary N) is 2. The summed E-state index contributed by atoms with van der Waals surface area (Å²) in [5, 5.41) is 14.0. The number of aliphatic carboxylic acids is 1. The highest BCUT2D eigenvalue weighted by molar-refractivity contribution is 5.99. The minimum absolute atomic E-state index is 0.0170. The molecule has 0 spiro atoms. The monoisotopic (exact) mass is 650 g/mol. The number of ether oxygens (including phenoxy) is 1. The molecule has 0 aliphatic carbocycles. The fraction of sp³-hybridized carbons (Fsp3) is 0.290. The highest BCUT2D eigenvalue weighted by Crippen LogP contribution is 2.36. The van der Waals surface area contributed by atoms with Crippen molar-refractivity contribution < 1.29 is 45.8 Å². The molecule has 4 aromatic rings. The largest absolute Gasteiger partial charge is 0.496 e. The fourth-order valence-electron chi connectivity index (χ4n) is 5.01. The molecule has 0 saturated carbocycles. The minimum atomic E-state index is -4.72. The lowest BCUT2D eigenvalue weighted by Gasteiger charge is -2.22. The van der Waals surface area contributed by atoms with Crippen LogP contribution in [0.1, 0.15) is 35.0 Å². The SMILES string of the molecule is CCC(Nc1cc(F)c(C(=O)NC(Cc2cc(F)c(-c3c(OC)cc(C)n(C)c3=O)c3ncccc23)C(=O)O)c(F)c1)C(F)(F)F. The molecule has 15 heteroatoms. The summed E-state index contributed by atoms with van der Waals surface area (Å²) in [6, 6.07) is 2.47. The van der Waals surface area contributed by atoms with E-state index in [2.05, 4.69) is 4.98 Å². The van der Waals surface area contributed by atoms with E-state index in [4.69, 9.17) is 4.74 Å². The predicted molar refractivity (Wildman–Crippen MR) is 156 cm³/mol. The first kappa shape index (κ1) is 33.8. The molecule has 4 rings (SSSR count). The van der Waals surface area contributed by atoms with Gasteiger partial charge in [-0.2, -0.15) is 13.2 Å². The van der Waals surface area contributed by atoms with Crippen molar-refractivity contribution in [3.63, 3.8) is 0 Å². The molecular weight excluding hydrogens is 622 g/mol. The second-order valence-corrected chi connectivity index (χ2v) is 10.4. The molecule has 0 saturated heterocycles. The van der Waals surface area contributed by atoms with E-state index in [0.29, 0.717) is 17.8 Å². The molecule has 2 unspecified atom stereocenters. The first-order chi connectivity index (χ1) is 21.6. The van der Waals surface area contributed by atoms with Gasteiger partial charge in [-0.3, -0.25) is 14.6 Å². The number of carbonyl (C=O) groups excluding carboxylic acids is 1. The first-order valence-electron chi connectivity index (χ1n) is 13.8. The Labute approximate surface area is 257 Å². The number of fused-ring (bicyclic) bond motifs is 1. The van der Waals surface area contributed by atoms with E-state index in [1.54, 1.807) is 6.92 Å². The van der Waals surface area contributed by atoms with E-state index >= 15 is 4.39 Å². The van der Waals surface area contributed by atoms with Crippen LogP contribution in [0.3, 0.4) is 0 Å². The maximum atomic E-state index is 15.9. The minimum Gasteiger partial charge on any atom is -0.496 e. The Kier molecular flexibility index (Phi) is 9.63. The Hall–Kier alpha value is -5.08. The number of pyridine rings is 2. The van der Waals surface area contributed by atoms with Crippen molar-refractivity contribution in [1.82, 2.24) is 14.9 Å². The average Bonchev–Trinajstić information content (AvgIpc) is 2.98. The summed E-state index contributed by atoms with van der Waals surface area (Å²) in [4.78, 5) is 42.5. The van der Waals surface area contributed by atoms with E-state index in [0.717, 1.165) is 6.07 Å². The number of rotatable bonds is 10. The van der Waals surface area contributed by atoms with Gasteiger partial charge >= 0.3 is 12.1 Å². The number of carboxylic acid groups (broad SMARTS) is 1. The summed E-state index contributed by atoms with van der Waals surface area (Å²) >= 11 is 0. The Bertz CT molecular complexity index is 1870. The highest BCUT2D eigenvalue weighted by atomic mass is 19.4. The second-order valence-electron chi connectivity index (χ2n) is 10.4. The number of aryl methyl sites for hydroxylation is 1. The maximum absolute atomic E-state index is 15.9. The van der Waals surface area contributed by atoms with Crippen LogP contribution < -0.4 is 20.9 Å². The number of anilines is 1. The van der Waals surface area contributed by atoms with Gasteiger partial charge in [-0.25, -0.2) is 18.0 Å². The number of amides is 1. The number of hydrogen-bond acceptors (Lipinski definition) is 6. The van der Waals surface area contributed by atoms with Gasteiger partial charge in [-0.05, 0) is 43.2 Å². The Morgan fingerprint density at radius 3 is 2.28 bits per heavy atom. The van der Waals surface area contributed by atoms with E-state index in [-0.39, 0.29) is 33.3 Å². The molecule has 244 valence electrons. The van der Waals surface area contributed by atoms with Gasteiger partial charge in [0.1, 0.15) is 40.8 Å². The lowest BCUT2D eigenvalue weighted by molar-refractivity contribution is -0.143. The maximum Gasteiger partial charge on any atom is 0.408 e. The third-order valence-electron chi connectivity index (χ3n) is 7.47. The van der Waals surface area contributed by atoms with Crippen molar-refractivity contribution in [2.45, 2.75) is 44.9 Å². The topological polar surface area (TPSA) is 123 Å². The number of carbonyl (C=O) groups is 2. The third-order valence-corrected chi connectivity index (χ3v) is 7.47. The predicted octanol–water partition coefficient (Wildman–Crippen LogP) is 5.51. The van der Waals surface area contributed by atoms with Crippen molar-refractivity contribution >= 4 is 28.5 Å². The molecule has 0 aliphatic rings. The van der Waals surface area contributed by atoms with E-state index in [1.165, 1.54) is 50.0 Å². The highest BCUT2D eigenvalue weighted by Gasteiger charge is 2.38. The third kappa shape index (κ3) is 6.62. The summed E-state index contributed by atoms with van der Waals surface area (Å²) in [5.41, 5.74) is -2.19. The van der Waals surface area contributed by atoms with Crippen LogP contribution in [-0.2, 0) is 18.3 Å². The van der Waals surface area contributed by atoms with Gasteiger partial charge in [-0.1, -0.05) is 13.0 Å². The average molecular weight is 651 g/mol. The normalized spacial score (nSPS) is 12.9. The number of alkyl halides is 3. The standard InChI is InChI=1S/C31H28F6N4O5/c1-5-23(31(35,36)37)39-16-12-19(33)24(20(34)13-16)28(42)40-21(30(44)45)11-15-10-18(32)25(27-17(15)7-6-8-38-27)26-22(46-4)9-14(2)41(3)29(26)43/h6-10,12-13,21,23,39H,5,11H2,1-4H3,(H,40,42)(H,44,45). The van der Waals surface area contributed by atoms with Gasteiger partial charge in [0.25, 0.3) is 11.5 Å². The zero-order chi connectivity index (χ0) is 34.1. The summed E-state index contributed by atoms with van der Waals surface area (Å²) in [7, 11) is 2.79. The van der Waals surface area contributed by atoms with Gasteiger partial charge in [0.05, 0.1) is 23.8 Å². The molecule has 46 heavy (non-hydrogen) atoms. The van der Waals surface area contributed by atoms with Crippen LogP contribution in [0, 0.1) is 24.4 Å². The van der Waals surface area contributed by atoms with Gasteiger partial charge in [0.15, 0.2) is 0 Å². The van der Waals surface area contributed by atoms with Crippen molar-refractivity contribution in [3.05, 3.63) is 87.2 Å². The lowest BCUT2D eigenvalue weighted by Crippen LogP contribution is -2.43. The molecule has 0 fully saturated rings. The molecular formula is C31H28F6N4O5. The number of nitrogens with zero attached hydrogens (tertiary/aromatic N) is 2. The lowest BCUT2D eigenvalue weighted by atomic mass is 9.94. The summed E-state index contributed by atoms with van der Waals surface area (Å²) in [5.74, 6) is -7.12. The Balaban J connectivity index is 1.71. The summed E-state index contributed by atoms with van der Waals surface area (Å²) in [6.07, 6.45) is -4.42. The van der Waals surface area contributed by atoms with Gasteiger partial charge in [-0.15, -0.1) is 0 Å². The van der Waals surface area contributed by atoms with Crippen LogP contribution >= 0.6 is 0 Å². The molecule has 2 aromatic carbocycles. The summed E-state index contributed by atoms with van der Waals surface area (Å²) < 4.78 is 91.5. The van der Waals surface area contributed by atoms with Crippen molar-refractivity contribution in [2.75, 3.05) is 12.4 Å². The van der Waals surface area contributed by atoms with E-state index in [1.807, 2.05) is 10.6 Å². The molecule has 0 aliphatic heterocycles. The zero-order valence-corrected chi connectivity index (χ0v) is 24.9.